The number of benzene rings is 3. The Morgan fingerprint density at radius 1 is 1.09 bits per heavy atom. The summed E-state index contributed by atoms with van der Waals surface area (Å²) in [5, 5.41) is 7.10. The van der Waals surface area contributed by atoms with Crippen LogP contribution in [0.4, 0.5) is 0 Å². The first-order valence-electron chi connectivity index (χ1n) is 10.1. The predicted octanol–water partition coefficient (Wildman–Crippen LogP) is 4.29. The standard InChI is InChI=1S/C24H19BrClN3O5/c25-18-9-15(5-7-20(18)32-13-17-3-1-2-4-19(17)26)11-28-29-23(30)12-27-24(31)16-6-8-21-22(10-16)34-14-33-21/h1-11H,12-14H2,(H,27,31)(H,29,30)/b28-11+. The first-order valence-corrected chi connectivity index (χ1v) is 11.3. The molecule has 34 heavy (non-hydrogen) atoms. The van der Waals surface area contributed by atoms with Crippen LogP contribution in [-0.2, 0) is 11.4 Å². The van der Waals surface area contributed by atoms with Crippen molar-refractivity contribution in [2.24, 2.45) is 5.10 Å². The van der Waals surface area contributed by atoms with Gasteiger partial charge < -0.3 is 19.5 Å². The second-order valence-electron chi connectivity index (χ2n) is 7.11. The van der Waals surface area contributed by atoms with Gasteiger partial charge in [0.2, 0.25) is 6.79 Å². The van der Waals surface area contributed by atoms with Crippen molar-refractivity contribution in [3.8, 4) is 17.2 Å². The number of ether oxygens (including phenoxy) is 3. The number of hydrazone groups is 1. The molecule has 1 heterocycles. The van der Waals surface area contributed by atoms with E-state index in [4.69, 9.17) is 25.8 Å². The van der Waals surface area contributed by atoms with E-state index in [1.54, 1.807) is 36.4 Å². The smallest absolute Gasteiger partial charge is 0.259 e. The molecule has 4 rings (SSSR count). The largest absolute Gasteiger partial charge is 0.488 e. The fraction of sp³-hybridized carbons (Fsp3) is 0.125. The van der Waals surface area contributed by atoms with Crippen LogP contribution in [0.25, 0.3) is 0 Å². The number of hydrogen-bond donors (Lipinski definition) is 2. The highest BCUT2D eigenvalue weighted by Gasteiger charge is 2.16. The minimum atomic E-state index is -0.468. The van der Waals surface area contributed by atoms with E-state index in [0.717, 1.165) is 15.6 Å². The molecule has 0 fully saturated rings. The molecule has 0 aromatic heterocycles. The van der Waals surface area contributed by atoms with Gasteiger partial charge in [0.1, 0.15) is 12.4 Å². The van der Waals surface area contributed by atoms with E-state index < -0.39 is 11.8 Å². The van der Waals surface area contributed by atoms with E-state index >= 15 is 0 Å². The van der Waals surface area contributed by atoms with Crippen molar-refractivity contribution >= 4 is 45.6 Å². The van der Waals surface area contributed by atoms with Gasteiger partial charge in [-0.2, -0.15) is 5.10 Å². The highest BCUT2D eigenvalue weighted by atomic mass is 79.9. The van der Waals surface area contributed by atoms with E-state index in [1.165, 1.54) is 6.21 Å². The molecule has 2 amide bonds. The van der Waals surface area contributed by atoms with Crippen molar-refractivity contribution in [1.29, 1.82) is 0 Å². The van der Waals surface area contributed by atoms with Gasteiger partial charge in [-0.15, -0.1) is 0 Å². The van der Waals surface area contributed by atoms with Crippen molar-refractivity contribution in [1.82, 2.24) is 10.7 Å². The Kier molecular flexibility index (Phi) is 7.66. The van der Waals surface area contributed by atoms with Crippen LogP contribution in [0.2, 0.25) is 5.02 Å². The van der Waals surface area contributed by atoms with Crippen molar-refractivity contribution < 1.29 is 23.8 Å². The number of fused-ring (bicyclic) bond motifs is 1. The van der Waals surface area contributed by atoms with Crippen LogP contribution in [0.5, 0.6) is 17.2 Å². The molecule has 0 aliphatic carbocycles. The zero-order valence-corrected chi connectivity index (χ0v) is 20.1. The highest BCUT2D eigenvalue weighted by Crippen LogP contribution is 2.32. The molecule has 3 aromatic rings. The van der Waals surface area contributed by atoms with Gasteiger partial charge >= 0.3 is 0 Å². The number of rotatable bonds is 8. The number of halogens is 2. The number of nitrogens with one attached hydrogen (secondary N) is 2. The summed E-state index contributed by atoms with van der Waals surface area (Å²) in [6.45, 7) is 0.221. The molecular weight excluding hydrogens is 526 g/mol. The molecule has 0 atom stereocenters. The van der Waals surface area contributed by atoms with E-state index in [9.17, 15) is 9.59 Å². The molecule has 0 saturated heterocycles. The first kappa shape index (κ1) is 23.6. The minimum absolute atomic E-state index is 0.121. The van der Waals surface area contributed by atoms with Crippen LogP contribution in [0, 0.1) is 0 Å². The second kappa shape index (κ2) is 11.0. The van der Waals surface area contributed by atoms with Crippen LogP contribution in [0.3, 0.4) is 0 Å². The SMILES string of the molecule is O=C(CNC(=O)c1ccc2c(c1)OCO2)N/N=C/c1ccc(OCc2ccccc2Cl)c(Br)c1. The maximum atomic E-state index is 12.2. The molecule has 3 aromatic carbocycles. The summed E-state index contributed by atoms with van der Waals surface area (Å²) < 4.78 is 17.0. The quantitative estimate of drug-likeness (QED) is 0.326. The topological polar surface area (TPSA) is 98.3 Å². The fourth-order valence-corrected chi connectivity index (χ4v) is 3.71. The lowest BCUT2D eigenvalue weighted by atomic mass is 10.2. The zero-order chi connectivity index (χ0) is 23.9. The Hall–Kier alpha value is -3.56. The number of carbonyl (C=O) groups is 2. The molecule has 2 N–H and O–H groups in total. The van der Waals surface area contributed by atoms with Gasteiger partial charge in [0, 0.05) is 16.1 Å². The molecule has 0 bridgehead atoms. The van der Waals surface area contributed by atoms with Crippen LogP contribution < -0.4 is 25.0 Å². The zero-order valence-electron chi connectivity index (χ0n) is 17.7. The van der Waals surface area contributed by atoms with Gasteiger partial charge in [-0.05, 0) is 64.0 Å². The molecule has 1 aliphatic heterocycles. The van der Waals surface area contributed by atoms with Crippen LogP contribution in [0.1, 0.15) is 21.5 Å². The van der Waals surface area contributed by atoms with Gasteiger partial charge in [-0.1, -0.05) is 29.8 Å². The summed E-state index contributed by atoms with van der Waals surface area (Å²) in [5.74, 6) is 0.841. The van der Waals surface area contributed by atoms with E-state index in [1.807, 2.05) is 24.3 Å². The molecule has 0 spiro atoms. The average molecular weight is 545 g/mol. The maximum absolute atomic E-state index is 12.2. The molecule has 174 valence electrons. The molecule has 10 heteroatoms. The van der Waals surface area contributed by atoms with Crippen LogP contribution in [0.15, 0.2) is 70.2 Å². The Bertz CT molecular complexity index is 1250. The second-order valence-corrected chi connectivity index (χ2v) is 8.38. The molecule has 1 aliphatic rings. The lowest BCUT2D eigenvalue weighted by molar-refractivity contribution is -0.120. The summed E-state index contributed by atoms with van der Waals surface area (Å²) in [5.41, 5.74) is 4.36. The molecule has 8 nitrogen and oxygen atoms in total. The Balaban J connectivity index is 1.24. The Morgan fingerprint density at radius 2 is 1.91 bits per heavy atom. The summed E-state index contributed by atoms with van der Waals surface area (Å²) in [6.07, 6.45) is 1.49. The highest BCUT2D eigenvalue weighted by molar-refractivity contribution is 9.10. The van der Waals surface area contributed by atoms with E-state index in [0.29, 0.717) is 34.4 Å². The summed E-state index contributed by atoms with van der Waals surface area (Å²) in [7, 11) is 0. The van der Waals surface area contributed by atoms with E-state index in [-0.39, 0.29) is 13.3 Å². The number of nitrogens with zero attached hydrogens (tertiary/aromatic N) is 1. The summed E-state index contributed by atoms with van der Waals surface area (Å²) >= 11 is 9.62. The Labute approximate surface area is 209 Å². The van der Waals surface area contributed by atoms with Gasteiger partial charge in [-0.25, -0.2) is 5.43 Å². The molecular formula is C24H19BrClN3O5. The maximum Gasteiger partial charge on any atom is 0.259 e. The third kappa shape index (κ3) is 6.06. The molecule has 0 saturated carbocycles. The van der Waals surface area contributed by atoms with Gasteiger partial charge in [-0.3, -0.25) is 9.59 Å². The van der Waals surface area contributed by atoms with E-state index in [2.05, 4.69) is 31.8 Å². The van der Waals surface area contributed by atoms with Gasteiger partial charge in [0.25, 0.3) is 11.8 Å². The third-order valence-corrected chi connectivity index (χ3v) is 5.73. The van der Waals surface area contributed by atoms with Crippen LogP contribution in [-0.4, -0.2) is 31.4 Å². The van der Waals surface area contributed by atoms with Crippen molar-refractivity contribution in [2.75, 3.05) is 13.3 Å². The third-order valence-electron chi connectivity index (χ3n) is 4.74. The monoisotopic (exact) mass is 543 g/mol. The van der Waals surface area contributed by atoms with Crippen molar-refractivity contribution in [2.45, 2.75) is 6.61 Å². The first-order chi connectivity index (χ1) is 16.5. The Morgan fingerprint density at radius 3 is 2.74 bits per heavy atom. The van der Waals surface area contributed by atoms with Gasteiger partial charge in [0.05, 0.1) is 17.2 Å². The van der Waals surface area contributed by atoms with Crippen LogP contribution >= 0.6 is 27.5 Å². The van der Waals surface area contributed by atoms with Gasteiger partial charge in [0.15, 0.2) is 11.5 Å². The average Bonchev–Trinajstić information content (AvgIpc) is 3.31. The predicted molar refractivity (Wildman–Crippen MR) is 131 cm³/mol. The van der Waals surface area contributed by atoms with Crippen molar-refractivity contribution in [3.05, 3.63) is 86.8 Å². The lowest BCUT2D eigenvalue weighted by Gasteiger charge is -2.10. The summed E-state index contributed by atoms with van der Waals surface area (Å²) in [6, 6.07) is 17.7. The van der Waals surface area contributed by atoms with Crippen molar-refractivity contribution in [3.63, 3.8) is 0 Å². The number of amides is 2. The number of hydrogen-bond acceptors (Lipinski definition) is 6. The molecule has 0 unspecified atom stereocenters. The summed E-state index contributed by atoms with van der Waals surface area (Å²) in [4.78, 5) is 24.2. The lowest BCUT2D eigenvalue weighted by Crippen LogP contribution is -2.34. The number of carbonyl (C=O) groups excluding carboxylic acids is 2. The molecule has 0 radical (unpaired) electrons. The minimum Gasteiger partial charge on any atom is -0.488 e. The fourth-order valence-electron chi connectivity index (χ4n) is 3.00. The normalized spacial score (nSPS) is 11.9.